The first-order valence-corrected chi connectivity index (χ1v) is 12.3. The fourth-order valence-corrected chi connectivity index (χ4v) is 4.60. The molecule has 0 aromatic heterocycles. The predicted octanol–water partition coefficient (Wildman–Crippen LogP) is 4.49. The van der Waals surface area contributed by atoms with Gasteiger partial charge in [-0.3, -0.25) is 9.52 Å². The zero-order valence-electron chi connectivity index (χ0n) is 18.3. The third-order valence-electron chi connectivity index (χ3n) is 5.36. The third-order valence-corrected chi connectivity index (χ3v) is 6.74. The van der Waals surface area contributed by atoms with E-state index in [0.717, 1.165) is 30.4 Å². The maximum absolute atomic E-state index is 12.9. The van der Waals surface area contributed by atoms with Gasteiger partial charge < -0.3 is 14.8 Å². The number of benzene rings is 3. The molecule has 8 heteroatoms. The van der Waals surface area contributed by atoms with Crippen LogP contribution >= 0.6 is 0 Å². The van der Waals surface area contributed by atoms with Crippen LogP contribution in [0, 0.1) is 0 Å². The second-order valence-electron chi connectivity index (χ2n) is 7.77. The van der Waals surface area contributed by atoms with Gasteiger partial charge in [0.05, 0.1) is 16.1 Å². The van der Waals surface area contributed by atoms with E-state index in [1.54, 1.807) is 48.5 Å². The number of sulfonamides is 1. The predicted molar refractivity (Wildman–Crippen MR) is 126 cm³/mol. The lowest BCUT2D eigenvalue weighted by molar-refractivity contribution is 0.0951. The Labute approximate surface area is 193 Å². The number of unbranched alkanes of at least 4 members (excludes halogenated alkanes) is 1. The van der Waals surface area contributed by atoms with Crippen LogP contribution in [0.3, 0.4) is 0 Å². The second-order valence-corrected chi connectivity index (χ2v) is 9.45. The quantitative estimate of drug-likeness (QED) is 0.485. The number of nitrogens with one attached hydrogen (secondary N) is 2. The molecule has 1 aliphatic rings. The number of rotatable bonds is 9. The SMILES string of the molecule is CCCCc1ccc(S(=O)(=O)Nc2ccccc2C(=O)NCc2ccc3c(c2)OCO3)cc1. The fourth-order valence-electron chi connectivity index (χ4n) is 3.52. The van der Waals surface area contributed by atoms with Crippen LogP contribution in [0.15, 0.2) is 71.6 Å². The molecule has 3 aromatic carbocycles. The molecule has 1 amide bonds. The molecule has 0 fully saturated rings. The Hall–Kier alpha value is -3.52. The molecule has 172 valence electrons. The minimum Gasteiger partial charge on any atom is -0.454 e. The van der Waals surface area contributed by atoms with E-state index >= 15 is 0 Å². The van der Waals surface area contributed by atoms with Gasteiger partial charge in [-0.25, -0.2) is 8.42 Å². The number of ether oxygens (including phenoxy) is 2. The van der Waals surface area contributed by atoms with Gasteiger partial charge in [-0.15, -0.1) is 0 Å². The standard InChI is InChI=1S/C25H26N2O5S/c1-2-3-6-18-9-12-20(13-10-18)33(29,30)27-22-8-5-4-7-21(22)25(28)26-16-19-11-14-23-24(15-19)32-17-31-23/h4-5,7-15,27H,2-3,6,16-17H2,1H3,(H,26,28). The summed E-state index contributed by atoms with van der Waals surface area (Å²) in [4.78, 5) is 13.0. The van der Waals surface area contributed by atoms with Crippen LogP contribution in [0.5, 0.6) is 11.5 Å². The lowest BCUT2D eigenvalue weighted by atomic mass is 10.1. The minimum absolute atomic E-state index is 0.151. The third kappa shape index (κ3) is 5.46. The van der Waals surface area contributed by atoms with E-state index in [2.05, 4.69) is 17.0 Å². The van der Waals surface area contributed by atoms with Crippen LogP contribution in [0.2, 0.25) is 0 Å². The van der Waals surface area contributed by atoms with Crippen LogP contribution in [-0.2, 0) is 23.0 Å². The molecule has 0 atom stereocenters. The first-order chi connectivity index (χ1) is 16.0. The Balaban J connectivity index is 1.45. The Bertz CT molecular complexity index is 1240. The van der Waals surface area contributed by atoms with Gasteiger partial charge in [-0.05, 0) is 60.4 Å². The number of amides is 1. The van der Waals surface area contributed by atoms with Crippen molar-refractivity contribution in [2.45, 2.75) is 37.6 Å². The Morgan fingerprint density at radius 2 is 1.67 bits per heavy atom. The van der Waals surface area contributed by atoms with Gasteiger partial charge in [0.25, 0.3) is 15.9 Å². The minimum atomic E-state index is -3.84. The topological polar surface area (TPSA) is 93.7 Å². The molecule has 4 rings (SSSR count). The molecule has 1 heterocycles. The van der Waals surface area contributed by atoms with Crippen molar-refractivity contribution in [2.75, 3.05) is 11.5 Å². The highest BCUT2D eigenvalue weighted by Gasteiger charge is 2.19. The van der Waals surface area contributed by atoms with E-state index in [4.69, 9.17) is 9.47 Å². The first kappa shape index (κ1) is 22.7. The number of para-hydroxylation sites is 1. The zero-order chi connectivity index (χ0) is 23.3. The molecule has 1 aliphatic heterocycles. The zero-order valence-corrected chi connectivity index (χ0v) is 19.2. The Kier molecular flexibility index (Phi) is 6.84. The second kappa shape index (κ2) is 9.95. The molecule has 0 unspecified atom stereocenters. The smallest absolute Gasteiger partial charge is 0.261 e. The Morgan fingerprint density at radius 1 is 0.939 bits per heavy atom. The molecule has 0 spiro atoms. The lowest BCUT2D eigenvalue weighted by Crippen LogP contribution is -2.25. The maximum atomic E-state index is 12.9. The number of carbonyl (C=O) groups excluding carboxylic acids is 1. The highest BCUT2D eigenvalue weighted by Crippen LogP contribution is 2.32. The lowest BCUT2D eigenvalue weighted by Gasteiger charge is -2.13. The van der Waals surface area contributed by atoms with Crippen LogP contribution in [0.1, 0.15) is 41.3 Å². The number of hydrogen-bond acceptors (Lipinski definition) is 5. The van der Waals surface area contributed by atoms with E-state index < -0.39 is 10.0 Å². The average Bonchev–Trinajstić information content (AvgIpc) is 3.29. The molecule has 7 nitrogen and oxygen atoms in total. The van der Waals surface area contributed by atoms with Crippen LogP contribution in [-0.4, -0.2) is 21.1 Å². The van der Waals surface area contributed by atoms with Crippen LogP contribution in [0.4, 0.5) is 5.69 Å². The van der Waals surface area contributed by atoms with Gasteiger partial charge in [0, 0.05) is 6.54 Å². The van der Waals surface area contributed by atoms with E-state index in [9.17, 15) is 13.2 Å². The summed E-state index contributed by atoms with van der Waals surface area (Å²) in [5.74, 6) is 0.916. The molecule has 33 heavy (non-hydrogen) atoms. The number of carbonyl (C=O) groups is 1. The van der Waals surface area contributed by atoms with Gasteiger partial charge in [-0.1, -0.05) is 43.7 Å². The maximum Gasteiger partial charge on any atom is 0.261 e. The largest absolute Gasteiger partial charge is 0.454 e. The van der Waals surface area contributed by atoms with Crippen molar-refractivity contribution in [3.63, 3.8) is 0 Å². The van der Waals surface area contributed by atoms with Crippen molar-refractivity contribution in [1.82, 2.24) is 5.32 Å². The van der Waals surface area contributed by atoms with E-state index in [0.29, 0.717) is 11.5 Å². The van der Waals surface area contributed by atoms with Gasteiger partial charge in [0.2, 0.25) is 6.79 Å². The van der Waals surface area contributed by atoms with Gasteiger partial charge in [0.1, 0.15) is 0 Å². The van der Waals surface area contributed by atoms with Gasteiger partial charge in [-0.2, -0.15) is 0 Å². The Morgan fingerprint density at radius 3 is 2.45 bits per heavy atom. The molecule has 2 N–H and O–H groups in total. The summed E-state index contributed by atoms with van der Waals surface area (Å²) in [7, 11) is -3.84. The summed E-state index contributed by atoms with van der Waals surface area (Å²) in [5.41, 5.74) is 2.39. The normalized spacial score (nSPS) is 12.4. The van der Waals surface area contributed by atoms with Gasteiger partial charge >= 0.3 is 0 Å². The molecule has 0 saturated carbocycles. The molecule has 3 aromatic rings. The van der Waals surface area contributed by atoms with Gasteiger partial charge in [0.15, 0.2) is 11.5 Å². The molecule has 0 aliphatic carbocycles. The number of hydrogen-bond donors (Lipinski definition) is 2. The van der Waals surface area contributed by atoms with Crippen LogP contribution < -0.4 is 19.5 Å². The molecule has 0 radical (unpaired) electrons. The summed E-state index contributed by atoms with van der Waals surface area (Å²) >= 11 is 0. The van der Waals surface area contributed by atoms with Crippen LogP contribution in [0.25, 0.3) is 0 Å². The molecule has 0 bridgehead atoms. The van der Waals surface area contributed by atoms with Crippen molar-refractivity contribution >= 4 is 21.6 Å². The van der Waals surface area contributed by atoms with Crippen molar-refractivity contribution in [2.24, 2.45) is 0 Å². The summed E-state index contributed by atoms with van der Waals surface area (Å²) in [6.07, 6.45) is 3.05. The van der Waals surface area contributed by atoms with E-state index in [1.807, 2.05) is 18.2 Å². The average molecular weight is 467 g/mol. The number of fused-ring (bicyclic) bond motifs is 1. The number of anilines is 1. The fraction of sp³-hybridized carbons (Fsp3) is 0.240. The van der Waals surface area contributed by atoms with Crippen molar-refractivity contribution in [1.29, 1.82) is 0 Å². The van der Waals surface area contributed by atoms with Crippen molar-refractivity contribution in [3.8, 4) is 11.5 Å². The van der Waals surface area contributed by atoms with Crippen molar-refractivity contribution in [3.05, 3.63) is 83.4 Å². The van der Waals surface area contributed by atoms with E-state index in [1.165, 1.54) is 0 Å². The highest BCUT2D eigenvalue weighted by molar-refractivity contribution is 7.92. The molecule has 0 saturated heterocycles. The monoisotopic (exact) mass is 466 g/mol. The number of aryl methyl sites for hydroxylation is 1. The summed E-state index contributed by atoms with van der Waals surface area (Å²) in [5, 5.41) is 2.83. The van der Waals surface area contributed by atoms with E-state index in [-0.39, 0.29) is 35.4 Å². The summed E-state index contributed by atoms with van der Waals surface area (Å²) < 4.78 is 39.1. The highest BCUT2D eigenvalue weighted by atomic mass is 32.2. The summed E-state index contributed by atoms with van der Waals surface area (Å²) in [6.45, 7) is 2.56. The van der Waals surface area contributed by atoms with Crippen molar-refractivity contribution < 1.29 is 22.7 Å². The molecular formula is C25H26N2O5S. The summed E-state index contributed by atoms with van der Waals surface area (Å²) in [6, 6.07) is 18.8. The molecular weight excluding hydrogens is 440 g/mol. The first-order valence-electron chi connectivity index (χ1n) is 10.8.